The summed E-state index contributed by atoms with van der Waals surface area (Å²) in [4.78, 5) is 12.4. The smallest absolute Gasteiger partial charge is 0.128 e. The minimum atomic E-state index is -0.327. The molecule has 2 heterocycles. The molecule has 28 heavy (non-hydrogen) atoms. The van der Waals surface area contributed by atoms with E-state index in [-0.39, 0.29) is 11.9 Å². The maximum absolute atomic E-state index is 14.6. The van der Waals surface area contributed by atoms with Crippen LogP contribution in [0.1, 0.15) is 18.5 Å². The number of rotatable bonds is 4. The number of nitrogens with one attached hydrogen (secondary N) is 1. The van der Waals surface area contributed by atoms with Gasteiger partial charge in [-0.05, 0) is 42.8 Å². The largest absolute Gasteiger partial charge is 0.377 e. The Balaban J connectivity index is 1.73. The molecule has 0 unspecified atom stereocenters. The molecule has 0 fully saturated rings. The van der Waals surface area contributed by atoms with Crippen molar-refractivity contribution in [3.8, 4) is 11.1 Å². The molecule has 0 amide bonds. The number of pyridine rings is 1. The van der Waals surface area contributed by atoms with Crippen molar-refractivity contribution in [2.75, 3.05) is 5.32 Å². The van der Waals surface area contributed by atoms with Crippen LogP contribution in [0.5, 0.6) is 0 Å². The zero-order valence-electron chi connectivity index (χ0n) is 14.8. The van der Waals surface area contributed by atoms with E-state index >= 15 is 0 Å². The highest BCUT2D eigenvalue weighted by Gasteiger charge is 2.16. The molecule has 0 spiro atoms. The number of benzene rings is 2. The quantitative estimate of drug-likeness (QED) is 0.384. The van der Waals surface area contributed by atoms with Gasteiger partial charge in [-0.1, -0.05) is 33.6 Å². The summed E-state index contributed by atoms with van der Waals surface area (Å²) >= 11 is 9.88. The molecule has 4 aromatic rings. The van der Waals surface area contributed by atoms with Crippen LogP contribution in [0.2, 0.25) is 5.02 Å². The number of halogens is 3. The van der Waals surface area contributed by atoms with Crippen LogP contribution >= 0.6 is 27.5 Å². The van der Waals surface area contributed by atoms with E-state index in [9.17, 15) is 4.39 Å². The van der Waals surface area contributed by atoms with E-state index in [1.54, 1.807) is 30.7 Å². The van der Waals surface area contributed by atoms with Crippen molar-refractivity contribution in [1.82, 2.24) is 15.0 Å². The molecule has 0 saturated heterocycles. The minimum Gasteiger partial charge on any atom is -0.377 e. The Bertz CT molecular complexity index is 1150. The van der Waals surface area contributed by atoms with Crippen molar-refractivity contribution in [2.45, 2.75) is 13.0 Å². The molecule has 2 aromatic carbocycles. The summed E-state index contributed by atoms with van der Waals surface area (Å²) < 4.78 is 15.5. The Morgan fingerprint density at radius 3 is 2.61 bits per heavy atom. The van der Waals surface area contributed by atoms with Crippen molar-refractivity contribution in [3.05, 3.63) is 82.2 Å². The highest BCUT2D eigenvalue weighted by atomic mass is 79.9. The Morgan fingerprint density at radius 2 is 1.82 bits per heavy atom. The predicted octanol–water partition coefficient (Wildman–Crippen LogP) is 6.42. The lowest BCUT2D eigenvalue weighted by Gasteiger charge is -2.20. The first-order chi connectivity index (χ1) is 13.5. The van der Waals surface area contributed by atoms with Crippen LogP contribution in [-0.2, 0) is 0 Å². The van der Waals surface area contributed by atoms with Crippen LogP contribution in [0.15, 0.2) is 65.8 Å². The third kappa shape index (κ3) is 3.70. The van der Waals surface area contributed by atoms with Gasteiger partial charge in [0.15, 0.2) is 0 Å². The fraction of sp³-hybridized carbons (Fsp3) is 0.0952. The molecule has 140 valence electrons. The van der Waals surface area contributed by atoms with E-state index in [2.05, 4.69) is 36.2 Å². The maximum atomic E-state index is 14.6. The summed E-state index contributed by atoms with van der Waals surface area (Å²) in [5.41, 5.74) is 3.72. The standard InChI is InChI=1S/C21H15BrClFN4/c1-12(16-6-13(2-4-19(16)24)14-8-25-11-26-9-14)28-21-17-7-15(22)3-5-20(17)27-10-18(21)23/h2-12H,1H3,(H,27,28)/t12-/m1/s1. The molecular formula is C21H15BrClFN4. The van der Waals surface area contributed by atoms with Gasteiger partial charge in [0.05, 0.1) is 22.3 Å². The molecule has 0 aliphatic carbocycles. The van der Waals surface area contributed by atoms with Crippen LogP contribution in [0.4, 0.5) is 10.1 Å². The predicted molar refractivity (Wildman–Crippen MR) is 114 cm³/mol. The highest BCUT2D eigenvalue weighted by molar-refractivity contribution is 9.10. The van der Waals surface area contributed by atoms with E-state index in [0.717, 1.165) is 26.5 Å². The van der Waals surface area contributed by atoms with E-state index in [1.165, 1.54) is 12.4 Å². The van der Waals surface area contributed by atoms with Crippen molar-refractivity contribution in [2.24, 2.45) is 0 Å². The van der Waals surface area contributed by atoms with Crippen LogP contribution in [0.3, 0.4) is 0 Å². The fourth-order valence-corrected chi connectivity index (χ4v) is 3.65. The van der Waals surface area contributed by atoms with Gasteiger partial charge in [-0.15, -0.1) is 0 Å². The van der Waals surface area contributed by atoms with Crippen molar-refractivity contribution in [3.63, 3.8) is 0 Å². The first-order valence-electron chi connectivity index (χ1n) is 8.58. The monoisotopic (exact) mass is 456 g/mol. The summed E-state index contributed by atoms with van der Waals surface area (Å²) in [5, 5.41) is 4.69. The topological polar surface area (TPSA) is 50.7 Å². The van der Waals surface area contributed by atoms with E-state index < -0.39 is 0 Å². The van der Waals surface area contributed by atoms with Crippen LogP contribution in [-0.4, -0.2) is 15.0 Å². The Morgan fingerprint density at radius 1 is 1.04 bits per heavy atom. The molecule has 0 saturated carbocycles. The molecule has 0 aliphatic rings. The van der Waals surface area contributed by atoms with Gasteiger partial charge in [0.25, 0.3) is 0 Å². The maximum Gasteiger partial charge on any atom is 0.128 e. The van der Waals surface area contributed by atoms with Gasteiger partial charge in [0, 0.05) is 39.6 Å². The van der Waals surface area contributed by atoms with Gasteiger partial charge in [-0.3, -0.25) is 4.98 Å². The van der Waals surface area contributed by atoms with Crippen molar-refractivity contribution in [1.29, 1.82) is 0 Å². The summed E-state index contributed by atoms with van der Waals surface area (Å²) in [6.45, 7) is 1.89. The molecule has 0 bridgehead atoms. The van der Waals surface area contributed by atoms with E-state index in [0.29, 0.717) is 16.3 Å². The SMILES string of the molecule is C[C@@H](Nc1c(Cl)cnc2ccc(Br)cc12)c1cc(-c2cncnc2)ccc1F. The fourth-order valence-electron chi connectivity index (χ4n) is 3.08. The summed E-state index contributed by atoms with van der Waals surface area (Å²) in [7, 11) is 0. The molecule has 1 atom stereocenters. The second kappa shape index (κ2) is 7.81. The van der Waals surface area contributed by atoms with Gasteiger partial charge in [-0.25, -0.2) is 14.4 Å². The summed E-state index contributed by atoms with van der Waals surface area (Å²) in [5.74, 6) is -0.295. The number of anilines is 1. The first kappa shape index (κ1) is 18.8. The molecule has 7 heteroatoms. The number of hydrogen-bond donors (Lipinski definition) is 1. The summed E-state index contributed by atoms with van der Waals surface area (Å²) in [6.07, 6.45) is 6.47. The lowest BCUT2D eigenvalue weighted by Crippen LogP contribution is -2.10. The zero-order chi connectivity index (χ0) is 19.7. The molecule has 4 rings (SSSR count). The Hall–Kier alpha value is -2.57. The van der Waals surface area contributed by atoms with Crippen molar-refractivity contribution < 1.29 is 4.39 Å². The lowest BCUT2D eigenvalue weighted by molar-refractivity contribution is 0.600. The zero-order valence-corrected chi connectivity index (χ0v) is 17.2. The van der Waals surface area contributed by atoms with E-state index in [4.69, 9.17) is 11.6 Å². The van der Waals surface area contributed by atoms with Crippen LogP contribution < -0.4 is 5.32 Å². The van der Waals surface area contributed by atoms with Crippen LogP contribution in [0, 0.1) is 5.82 Å². The molecule has 1 N–H and O–H groups in total. The molecular weight excluding hydrogens is 443 g/mol. The van der Waals surface area contributed by atoms with Crippen LogP contribution in [0.25, 0.3) is 22.0 Å². The molecule has 4 nitrogen and oxygen atoms in total. The van der Waals surface area contributed by atoms with E-state index in [1.807, 2.05) is 25.1 Å². The van der Waals surface area contributed by atoms with Gasteiger partial charge in [-0.2, -0.15) is 0 Å². The number of hydrogen-bond acceptors (Lipinski definition) is 4. The highest BCUT2D eigenvalue weighted by Crippen LogP contribution is 2.35. The third-order valence-corrected chi connectivity index (χ3v) is 5.28. The second-order valence-corrected chi connectivity index (χ2v) is 7.69. The van der Waals surface area contributed by atoms with Gasteiger partial charge < -0.3 is 5.32 Å². The number of aromatic nitrogens is 3. The van der Waals surface area contributed by atoms with Crippen molar-refractivity contribution >= 4 is 44.1 Å². The minimum absolute atomic E-state index is 0.295. The van der Waals surface area contributed by atoms with Gasteiger partial charge in [0.1, 0.15) is 12.1 Å². The average Bonchev–Trinajstić information content (AvgIpc) is 2.71. The molecule has 0 aliphatic heterocycles. The molecule has 0 radical (unpaired) electrons. The molecule has 2 aromatic heterocycles. The Labute approximate surface area is 175 Å². The summed E-state index contributed by atoms with van der Waals surface area (Å²) in [6, 6.07) is 10.4. The third-order valence-electron chi connectivity index (χ3n) is 4.50. The second-order valence-electron chi connectivity index (χ2n) is 6.37. The number of fused-ring (bicyclic) bond motifs is 1. The normalized spacial score (nSPS) is 12.1. The number of nitrogens with zero attached hydrogens (tertiary/aromatic N) is 3. The average molecular weight is 458 g/mol. The van der Waals surface area contributed by atoms with Gasteiger partial charge in [0.2, 0.25) is 0 Å². The Kier molecular flexibility index (Phi) is 5.24. The lowest BCUT2D eigenvalue weighted by atomic mass is 10.0. The van der Waals surface area contributed by atoms with Gasteiger partial charge >= 0.3 is 0 Å². The first-order valence-corrected chi connectivity index (χ1v) is 9.75.